The van der Waals surface area contributed by atoms with Gasteiger partial charge in [0.15, 0.2) is 5.65 Å². The number of rotatable bonds is 2. The molecule has 0 spiro atoms. The number of benzene rings is 1. The largest absolute Gasteiger partial charge is 0.383 e. The monoisotopic (exact) mass is 415 g/mol. The van der Waals surface area contributed by atoms with Gasteiger partial charge in [0.1, 0.15) is 5.82 Å². The second-order valence-electron chi connectivity index (χ2n) is 7.86. The number of nitrogens with zero attached hydrogens (tertiary/aromatic N) is 3. The van der Waals surface area contributed by atoms with E-state index in [-0.39, 0.29) is 22.4 Å². The van der Waals surface area contributed by atoms with Crippen molar-refractivity contribution in [1.82, 2.24) is 14.1 Å². The normalized spacial score (nSPS) is 11.7. The van der Waals surface area contributed by atoms with E-state index >= 15 is 0 Å². The van der Waals surface area contributed by atoms with Gasteiger partial charge in [0, 0.05) is 24.8 Å². The van der Waals surface area contributed by atoms with Crippen LogP contribution >= 0.6 is 11.6 Å². The Morgan fingerprint density at radius 2 is 1.69 bits per heavy atom. The first-order valence-electron chi connectivity index (χ1n) is 8.90. The van der Waals surface area contributed by atoms with Crippen molar-refractivity contribution in [3.05, 3.63) is 61.3 Å². The third kappa shape index (κ3) is 3.51. The molecule has 2 heterocycles. The first kappa shape index (κ1) is 20.6. The summed E-state index contributed by atoms with van der Waals surface area (Å²) in [6.07, 6.45) is 0. The minimum absolute atomic E-state index is 0.0582. The zero-order valence-electron chi connectivity index (χ0n) is 16.8. The summed E-state index contributed by atoms with van der Waals surface area (Å²) in [6, 6.07) is 6.61. The van der Waals surface area contributed by atoms with Crippen molar-refractivity contribution in [2.45, 2.75) is 26.2 Å². The van der Waals surface area contributed by atoms with E-state index in [4.69, 9.17) is 17.3 Å². The number of aromatic nitrogens is 3. The van der Waals surface area contributed by atoms with E-state index in [0.29, 0.717) is 16.3 Å². The number of amides is 1. The maximum absolute atomic E-state index is 13.1. The van der Waals surface area contributed by atoms with Crippen molar-refractivity contribution in [2.75, 3.05) is 11.1 Å². The van der Waals surface area contributed by atoms with Crippen LogP contribution in [0.2, 0.25) is 5.02 Å². The molecule has 9 heteroatoms. The van der Waals surface area contributed by atoms with Crippen LogP contribution in [-0.2, 0) is 19.5 Å². The Labute approximate surface area is 171 Å². The molecule has 29 heavy (non-hydrogen) atoms. The highest BCUT2D eigenvalue weighted by molar-refractivity contribution is 6.30. The molecule has 1 amide bonds. The van der Waals surface area contributed by atoms with Crippen LogP contribution in [0.15, 0.2) is 33.9 Å². The zero-order valence-corrected chi connectivity index (χ0v) is 17.6. The van der Waals surface area contributed by atoms with Gasteiger partial charge in [-0.05, 0) is 35.2 Å². The van der Waals surface area contributed by atoms with Crippen LogP contribution in [0.3, 0.4) is 0 Å². The van der Waals surface area contributed by atoms with Crippen LogP contribution in [0.4, 0.5) is 11.5 Å². The number of aryl methyl sites for hydroxylation is 1. The smallest absolute Gasteiger partial charge is 0.332 e. The van der Waals surface area contributed by atoms with Gasteiger partial charge in [0.2, 0.25) is 0 Å². The quantitative estimate of drug-likeness (QED) is 0.667. The summed E-state index contributed by atoms with van der Waals surface area (Å²) in [5.41, 5.74) is 5.67. The minimum atomic E-state index is -0.633. The highest BCUT2D eigenvalue weighted by atomic mass is 35.5. The van der Waals surface area contributed by atoms with Gasteiger partial charge in [0.25, 0.3) is 11.5 Å². The Kier molecular flexibility index (Phi) is 5.00. The van der Waals surface area contributed by atoms with E-state index in [9.17, 15) is 14.4 Å². The average Bonchev–Trinajstić information content (AvgIpc) is 2.64. The Morgan fingerprint density at radius 1 is 1.10 bits per heavy atom. The number of hydrogen-bond acceptors (Lipinski definition) is 5. The zero-order chi connectivity index (χ0) is 21.7. The molecule has 0 atom stereocenters. The molecule has 8 nitrogen and oxygen atoms in total. The molecule has 0 radical (unpaired) electrons. The second kappa shape index (κ2) is 7.04. The molecular formula is C20H22ClN5O3. The molecule has 0 aliphatic rings. The van der Waals surface area contributed by atoms with Gasteiger partial charge in [-0.1, -0.05) is 32.4 Å². The van der Waals surface area contributed by atoms with Gasteiger partial charge in [-0.3, -0.25) is 18.7 Å². The molecule has 0 bridgehead atoms. The summed E-state index contributed by atoms with van der Waals surface area (Å²) in [6.45, 7) is 5.60. The van der Waals surface area contributed by atoms with Crippen molar-refractivity contribution < 1.29 is 4.79 Å². The van der Waals surface area contributed by atoms with Gasteiger partial charge < -0.3 is 11.1 Å². The number of hydrogen-bond donors (Lipinski definition) is 2. The molecule has 0 fully saturated rings. The fourth-order valence-electron chi connectivity index (χ4n) is 3.31. The highest BCUT2D eigenvalue weighted by Gasteiger charge is 2.31. The predicted molar refractivity (Wildman–Crippen MR) is 115 cm³/mol. The van der Waals surface area contributed by atoms with Crippen LogP contribution in [0, 0.1) is 0 Å². The van der Waals surface area contributed by atoms with Crippen LogP contribution in [0.1, 0.15) is 36.7 Å². The third-order valence-corrected chi connectivity index (χ3v) is 4.95. The number of fused-ring (bicyclic) bond motifs is 1. The first-order valence-corrected chi connectivity index (χ1v) is 9.28. The van der Waals surface area contributed by atoms with E-state index in [1.807, 2.05) is 20.8 Å². The van der Waals surface area contributed by atoms with Crippen LogP contribution < -0.4 is 22.3 Å². The maximum Gasteiger partial charge on any atom is 0.332 e. The Morgan fingerprint density at radius 3 is 2.24 bits per heavy atom. The van der Waals surface area contributed by atoms with Gasteiger partial charge in [0.05, 0.1) is 10.9 Å². The minimum Gasteiger partial charge on any atom is -0.383 e. The fourth-order valence-corrected chi connectivity index (χ4v) is 3.44. The van der Waals surface area contributed by atoms with E-state index in [1.54, 1.807) is 24.3 Å². The van der Waals surface area contributed by atoms with Gasteiger partial charge in [-0.2, -0.15) is 0 Å². The molecule has 0 aliphatic carbocycles. The van der Waals surface area contributed by atoms with Crippen LogP contribution in [-0.4, -0.2) is 20.0 Å². The van der Waals surface area contributed by atoms with E-state index < -0.39 is 22.6 Å². The van der Waals surface area contributed by atoms with Crippen molar-refractivity contribution in [2.24, 2.45) is 14.1 Å². The number of halogens is 1. The number of nitrogens with one attached hydrogen (secondary N) is 1. The van der Waals surface area contributed by atoms with Gasteiger partial charge >= 0.3 is 5.69 Å². The number of nitrogens with two attached hydrogens (primary N) is 1. The molecule has 3 N–H and O–H groups in total. The molecule has 0 aliphatic heterocycles. The maximum atomic E-state index is 13.1. The molecule has 0 saturated carbocycles. The van der Waals surface area contributed by atoms with Crippen molar-refractivity contribution in [3.8, 4) is 0 Å². The van der Waals surface area contributed by atoms with Crippen molar-refractivity contribution in [3.63, 3.8) is 0 Å². The van der Waals surface area contributed by atoms with E-state index in [0.717, 1.165) is 4.57 Å². The Hall–Kier alpha value is -3.13. The lowest BCUT2D eigenvalue weighted by atomic mass is 9.82. The lowest BCUT2D eigenvalue weighted by Gasteiger charge is -2.25. The number of nitrogen functional groups attached to an aromatic ring is 1. The SMILES string of the molecule is Cn1c(=O)c2c(C(C)(C)C)c(C(=O)Nc3ccc(Cl)cc3)c(N)nc2n(C)c1=O. The van der Waals surface area contributed by atoms with Crippen molar-refractivity contribution >= 4 is 40.0 Å². The third-order valence-electron chi connectivity index (χ3n) is 4.70. The Bertz CT molecular complexity index is 1250. The van der Waals surface area contributed by atoms with E-state index in [2.05, 4.69) is 10.3 Å². The standard InChI is InChI=1S/C20H22ClN5O3/c1-20(2,3)14-12(17(27)23-11-8-6-10(21)7-9-11)15(22)24-16-13(14)18(28)26(5)19(29)25(16)4/h6-9H,1-5H3,(H2,22,24)(H,23,27). The summed E-state index contributed by atoms with van der Waals surface area (Å²) in [5.74, 6) is -0.558. The Balaban J connectivity index is 2.36. The molecular weight excluding hydrogens is 394 g/mol. The summed E-state index contributed by atoms with van der Waals surface area (Å²) >= 11 is 5.89. The molecule has 3 aromatic rings. The molecule has 152 valence electrons. The number of pyridine rings is 1. The van der Waals surface area contributed by atoms with Crippen molar-refractivity contribution in [1.29, 1.82) is 0 Å². The summed E-state index contributed by atoms with van der Waals surface area (Å²) in [4.78, 5) is 42.7. The molecule has 3 rings (SSSR count). The highest BCUT2D eigenvalue weighted by Crippen LogP contribution is 2.33. The predicted octanol–water partition coefficient (Wildman–Crippen LogP) is 2.42. The lowest BCUT2D eigenvalue weighted by Crippen LogP contribution is -2.39. The molecule has 2 aromatic heterocycles. The first-order chi connectivity index (χ1) is 13.4. The molecule has 1 aromatic carbocycles. The number of carbonyl (C=O) groups is 1. The van der Waals surface area contributed by atoms with Gasteiger partial charge in [-0.15, -0.1) is 0 Å². The summed E-state index contributed by atoms with van der Waals surface area (Å²) < 4.78 is 2.25. The second-order valence-corrected chi connectivity index (χ2v) is 8.30. The van der Waals surface area contributed by atoms with Crippen LogP contribution in [0.5, 0.6) is 0 Å². The fraction of sp³-hybridized carbons (Fsp3) is 0.300. The van der Waals surface area contributed by atoms with E-state index in [1.165, 1.54) is 18.7 Å². The lowest BCUT2D eigenvalue weighted by molar-refractivity contribution is 0.102. The number of carbonyl (C=O) groups excluding carboxylic acids is 1. The number of anilines is 2. The topological polar surface area (TPSA) is 112 Å². The summed E-state index contributed by atoms with van der Waals surface area (Å²) in [7, 11) is 2.90. The summed E-state index contributed by atoms with van der Waals surface area (Å²) in [5, 5.41) is 3.50. The van der Waals surface area contributed by atoms with Crippen LogP contribution in [0.25, 0.3) is 11.0 Å². The average molecular weight is 416 g/mol. The van der Waals surface area contributed by atoms with Gasteiger partial charge in [-0.25, -0.2) is 9.78 Å². The molecule has 0 saturated heterocycles. The molecule has 0 unspecified atom stereocenters.